The molecule has 5 heteroatoms. The van der Waals surface area contributed by atoms with Gasteiger partial charge in [-0.2, -0.15) is 4.40 Å². The summed E-state index contributed by atoms with van der Waals surface area (Å²) in [6.07, 6.45) is 6.45. The molecule has 0 saturated heterocycles. The summed E-state index contributed by atoms with van der Waals surface area (Å²) in [6, 6.07) is 0. The van der Waals surface area contributed by atoms with Crippen LogP contribution in [0.1, 0.15) is 46.7 Å². The maximum atomic E-state index is 11.7. The monoisotopic (exact) mass is 269 g/mol. The molecule has 0 fully saturated rings. The van der Waals surface area contributed by atoms with Crippen LogP contribution in [0, 0.1) is 5.92 Å². The quantitative estimate of drug-likeness (QED) is 0.772. The third kappa shape index (κ3) is 5.12. The van der Waals surface area contributed by atoms with Crippen molar-refractivity contribution >= 4 is 17.2 Å². The SMILES string of the molecule is CC(C)CCn1cnc(C=N[S@](=O)C(C)(C)C)c1. The zero-order valence-corrected chi connectivity index (χ0v) is 12.7. The van der Waals surface area contributed by atoms with Crippen molar-refractivity contribution in [3.63, 3.8) is 0 Å². The summed E-state index contributed by atoms with van der Waals surface area (Å²) in [6.45, 7) is 11.1. The molecule has 0 unspecified atom stereocenters. The molecule has 0 aromatic carbocycles. The number of aromatic nitrogens is 2. The summed E-state index contributed by atoms with van der Waals surface area (Å²) >= 11 is 0. The van der Waals surface area contributed by atoms with Gasteiger partial charge in [0.15, 0.2) is 0 Å². The van der Waals surface area contributed by atoms with Crippen LogP contribution in [-0.4, -0.2) is 24.7 Å². The van der Waals surface area contributed by atoms with Gasteiger partial charge in [-0.15, -0.1) is 0 Å². The highest BCUT2D eigenvalue weighted by Gasteiger charge is 2.18. The van der Waals surface area contributed by atoms with Crippen LogP contribution in [0.2, 0.25) is 0 Å². The van der Waals surface area contributed by atoms with Gasteiger partial charge in [0.2, 0.25) is 0 Å². The van der Waals surface area contributed by atoms with E-state index < -0.39 is 11.0 Å². The van der Waals surface area contributed by atoms with E-state index in [1.165, 1.54) is 0 Å². The van der Waals surface area contributed by atoms with Crippen molar-refractivity contribution in [2.45, 2.75) is 52.3 Å². The lowest BCUT2D eigenvalue weighted by Gasteiger charge is -2.12. The fourth-order valence-electron chi connectivity index (χ4n) is 1.23. The average molecular weight is 269 g/mol. The summed E-state index contributed by atoms with van der Waals surface area (Å²) < 4.78 is 17.5. The third-order valence-electron chi connectivity index (χ3n) is 2.42. The van der Waals surface area contributed by atoms with Crippen LogP contribution in [0.25, 0.3) is 0 Å². The van der Waals surface area contributed by atoms with Gasteiger partial charge in [-0.3, -0.25) is 0 Å². The van der Waals surface area contributed by atoms with E-state index in [1.807, 2.05) is 31.5 Å². The molecule has 1 atom stereocenters. The summed E-state index contributed by atoms with van der Waals surface area (Å²) in [4.78, 5) is 4.23. The molecule has 1 aromatic heterocycles. The van der Waals surface area contributed by atoms with Crippen molar-refractivity contribution in [2.75, 3.05) is 0 Å². The molecule has 1 heterocycles. The van der Waals surface area contributed by atoms with Crippen LogP contribution in [0.4, 0.5) is 0 Å². The Kier molecular flexibility index (Phi) is 5.26. The number of aryl methyl sites for hydroxylation is 1. The van der Waals surface area contributed by atoms with Crippen molar-refractivity contribution in [3.05, 3.63) is 18.2 Å². The number of hydrogen-bond donors (Lipinski definition) is 0. The molecule has 18 heavy (non-hydrogen) atoms. The first-order valence-electron chi connectivity index (χ1n) is 6.27. The van der Waals surface area contributed by atoms with E-state index in [0.717, 1.165) is 18.7 Å². The van der Waals surface area contributed by atoms with Crippen molar-refractivity contribution < 1.29 is 4.21 Å². The average Bonchev–Trinajstić information content (AvgIpc) is 2.69. The maximum Gasteiger partial charge on any atom is 0.144 e. The van der Waals surface area contributed by atoms with Crippen LogP contribution in [0.15, 0.2) is 16.9 Å². The van der Waals surface area contributed by atoms with Crippen molar-refractivity contribution in [3.8, 4) is 0 Å². The first-order valence-corrected chi connectivity index (χ1v) is 7.37. The van der Waals surface area contributed by atoms with Crippen molar-refractivity contribution in [1.29, 1.82) is 0 Å². The Labute approximate surface area is 112 Å². The van der Waals surface area contributed by atoms with E-state index in [0.29, 0.717) is 5.92 Å². The largest absolute Gasteiger partial charge is 0.337 e. The van der Waals surface area contributed by atoms with Crippen LogP contribution in [0.3, 0.4) is 0 Å². The second-order valence-electron chi connectivity index (χ2n) is 5.81. The molecule has 1 rings (SSSR count). The number of imidazole rings is 1. The van der Waals surface area contributed by atoms with Gasteiger partial charge in [-0.05, 0) is 33.1 Å². The molecule has 0 N–H and O–H groups in total. The highest BCUT2D eigenvalue weighted by atomic mass is 32.2. The lowest BCUT2D eigenvalue weighted by atomic mass is 10.1. The van der Waals surface area contributed by atoms with Crippen LogP contribution in [0.5, 0.6) is 0 Å². The lowest BCUT2D eigenvalue weighted by molar-refractivity contribution is 0.516. The minimum absolute atomic E-state index is 0.323. The molecular formula is C13H23N3OS. The topological polar surface area (TPSA) is 47.2 Å². The Morgan fingerprint density at radius 3 is 2.72 bits per heavy atom. The van der Waals surface area contributed by atoms with Gasteiger partial charge in [-0.25, -0.2) is 9.19 Å². The molecule has 102 valence electrons. The van der Waals surface area contributed by atoms with E-state index in [1.54, 1.807) is 12.5 Å². The smallest absolute Gasteiger partial charge is 0.144 e. The van der Waals surface area contributed by atoms with E-state index in [4.69, 9.17) is 0 Å². The van der Waals surface area contributed by atoms with Gasteiger partial charge >= 0.3 is 0 Å². The van der Waals surface area contributed by atoms with Crippen molar-refractivity contribution in [2.24, 2.45) is 10.3 Å². The minimum Gasteiger partial charge on any atom is -0.337 e. The predicted octanol–water partition coefficient (Wildman–Crippen LogP) is 2.81. The Bertz CT molecular complexity index is 430. The highest BCUT2D eigenvalue weighted by Crippen LogP contribution is 2.12. The summed E-state index contributed by atoms with van der Waals surface area (Å²) in [5.74, 6) is 0.679. The Morgan fingerprint density at radius 1 is 1.50 bits per heavy atom. The van der Waals surface area contributed by atoms with Gasteiger partial charge in [0, 0.05) is 12.7 Å². The van der Waals surface area contributed by atoms with E-state index in [2.05, 4.69) is 23.2 Å². The second kappa shape index (κ2) is 6.27. The molecule has 0 radical (unpaired) electrons. The number of rotatable bonds is 5. The standard InChI is InChI=1S/C13H23N3OS/c1-11(2)6-7-16-9-12(14-10-16)8-15-18(17)13(3,4)5/h8-11H,6-7H2,1-5H3/t18-/m1/s1. The molecule has 0 bridgehead atoms. The Morgan fingerprint density at radius 2 is 2.17 bits per heavy atom. The third-order valence-corrected chi connectivity index (χ3v) is 3.77. The highest BCUT2D eigenvalue weighted by molar-refractivity contribution is 7.85. The summed E-state index contributed by atoms with van der Waals surface area (Å²) in [5.41, 5.74) is 0.761. The van der Waals surface area contributed by atoms with Gasteiger partial charge < -0.3 is 4.57 Å². The number of hydrogen-bond acceptors (Lipinski definition) is 2. The Hall–Kier alpha value is -0.970. The zero-order valence-electron chi connectivity index (χ0n) is 11.9. The molecule has 0 amide bonds. The van der Waals surface area contributed by atoms with E-state index in [-0.39, 0.29) is 4.75 Å². The molecule has 1 aromatic rings. The lowest BCUT2D eigenvalue weighted by Crippen LogP contribution is -2.19. The van der Waals surface area contributed by atoms with Crippen LogP contribution >= 0.6 is 0 Å². The summed E-state index contributed by atoms with van der Waals surface area (Å²) in [5, 5.41) is 0. The van der Waals surface area contributed by atoms with Gasteiger partial charge in [-0.1, -0.05) is 13.8 Å². The molecule has 0 aliphatic rings. The molecule has 0 aliphatic carbocycles. The molecule has 4 nitrogen and oxygen atoms in total. The maximum absolute atomic E-state index is 11.7. The Balaban J connectivity index is 2.59. The van der Waals surface area contributed by atoms with E-state index >= 15 is 0 Å². The van der Waals surface area contributed by atoms with Gasteiger partial charge in [0.05, 0.1) is 23.0 Å². The van der Waals surface area contributed by atoms with Gasteiger partial charge in [0.25, 0.3) is 0 Å². The first-order chi connectivity index (χ1) is 8.29. The fraction of sp³-hybridized carbons (Fsp3) is 0.692. The van der Waals surface area contributed by atoms with Crippen LogP contribution < -0.4 is 0 Å². The van der Waals surface area contributed by atoms with Gasteiger partial charge in [0.1, 0.15) is 11.0 Å². The van der Waals surface area contributed by atoms with Crippen LogP contribution in [-0.2, 0) is 17.5 Å². The number of nitrogens with zero attached hydrogens (tertiary/aromatic N) is 3. The molecule has 0 aliphatic heterocycles. The summed E-state index contributed by atoms with van der Waals surface area (Å²) in [7, 11) is -1.22. The minimum atomic E-state index is -1.22. The zero-order chi connectivity index (χ0) is 13.8. The molecule has 0 spiro atoms. The van der Waals surface area contributed by atoms with Crippen molar-refractivity contribution in [1.82, 2.24) is 9.55 Å². The second-order valence-corrected chi connectivity index (χ2v) is 7.75. The molecular weight excluding hydrogens is 246 g/mol. The molecule has 0 saturated carbocycles. The fourth-order valence-corrected chi connectivity index (χ4v) is 1.75. The first kappa shape index (κ1) is 15.1. The van der Waals surface area contributed by atoms with E-state index in [9.17, 15) is 4.21 Å². The predicted molar refractivity (Wildman–Crippen MR) is 77.2 cm³/mol. The normalized spacial score (nSPS) is 14.6.